The number of methoxy groups -OCH3 is 2. The van der Waals surface area contributed by atoms with Gasteiger partial charge in [0.25, 0.3) is 0 Å². The number of anilines is 1. The summed E-state index contributed by atoms with van der Waals surface area (Å²) in [5.74, 6) is -0.275. The van der Waals surface area contributed by atoms with E-state index >= 15 is 0 Å². The van der Waals surface area contributed by atoms with E-state index in [0.717, 1.165) is 4.31 Å². The van der Waals surface area contributed by atoms with Crippen molar-refractivity contribution in [2.24, 2.45) is 0 Å². The number of amides is 1. The van der Waals surface area contributed by atoms with Gasteiger partial charge in [-0.05, 0) is 48.4 Å². The fraction of sp³-hybridized carbons (Fsp3) is 0.300. The number of ether oxygens (including phenoxy) is 2. The summed E-state index contributed by atoms with van der Waals surface area (Å²) < 4.78 is 35.8. The Balaban J connectivity index is 2.13. The van der Waals surface area contributed by atoms with Gasteiger partial charge >= 0.3 is 5.97 Å². The molecule has 0 aliphatic heterocycles. The lowest BCUT2D eigenvalue weighted by molar-refractivity contribution is -0.116. The van der Waals surface area contributed by atoms with Gasteiger partial charge in [-0.3, -0.25) is 4.79 Å². The van der Waals surface area contributed by atoms with Gasteiger partial charge in [0.2, 0.25) is 15.9 Å². The Morgan fingerprint density at radius 1 is 1.07 bits per heavy atom. The maximum atomic E-state index is 12.3. The minimum atomic E-state index is -3.59. The maximum Gasteiger partial charge on any atom is 0.337 e. The number of nitrogens with one attached hydrogen (secondary N) is 1. The molecular formula is C20H24N2O6S. The molecule has 29 heavy (non-hydrogen) atoms. The van der Waals surface area contributed by atoms with Gasteiger partial charge in [-0.15, -0.1) is 0 Å². The molecule has 0 radical (unpaired) electrons. The fourth-order valence-electron chi connectivity index (χ4n) is 2.64. The largest absolute Gasteiger partial charge is 0.496 e. The van der Waals surface area contributed by atoms with Crippen LogP contribution < -0.4 is 10.1 Å². The molecule has 0 saturated carbocycles. The van der Waals surface area contributed by atoms with Crippen molar-refractivity contribution >= 4 is 27.6 Å². The summed E-state index contributed by atoms with van der Waals surface area (Å²) in [4.78, 5) is 24.1. The number of esters is 1. The summed E-state index contributed by atoms with van der Waals surface area (Å²) in [5.41, 5.74) is 1.40. The summed E-state index contributed by atoms with van der Waals surface area (Å²) in [6.45, 7) is 0. The van der Waals surface area contributed by atoms with Gasteiger partial charge in [-0.25, -0.2) is 17.5 Å². The van der Waals surface area contributed by atoms with Crippen molar-refractivity contribution in [1.29, 1.82) is 0 Å². The minimum Gasteiger partial charge on any atom is -0.496 e. The molecule has 0 aliphatic carbocycles. The number of carbonyl (C=O) groups excluding carboxylic acids is 2. The van der Waals surface area contributed by atoms with Crippen molar-refractivity contribution in [3.05, 3.63) is 53.6 Å². The average molecular weight is 420 g/mol. The molecule has 0 atom stereocenters. The lowest BCUT2D eigenvalue weighted by Gasteiger charge is -2.14. The quantitative estimate of drug-likeness (QED) is 0.658. The first-order valence-electron chi connectivity index (χ1n) is 8.76. The first-order chi connectivity index (χ1) is 13.7. The number of hydrogen-bond donors (Lipinski definition) is 1. The zero-order valence-corrected chi connectivity index (χ0v) is 17.6. The standard InChI is InChI=1S/C20H24N2O6S/c1-22(2)29(25,26)17-9-10-18(27-3)14(13-17)8-11-19(23)21-16-7-5-6-15(12-16)20(24)28-4/h5-7,9-10,12-13H,8,11H2,1-4H3,(H,21,23). The molecule has 0 bridgehead atoms. The van der Waals surface area contributed by atoms with Crippen LogP contribution in [0.1, 0.15) is 22.3 Å². The van der Waals surface area contributed by atoms with Crippen molar-refractivity contribution in [2.45, 2.75) is 17.7 Å². The molecule has 9 heteroatoms. The van der Waals surface area contributed by atoms with E-state index in [9.17, 15) is 18.0 Å². The van der Waals surface area contributed by atoms with Gasteiger partial charge in [-0.2, -0.15) is 0 Å². The van der Waals surface area contributed by atoms with E-state index in [1.54, 1.807) is 24.3 Å². The highest BCUT2D eigenvalue weighted by Gasteiger charge is 2.19. The fourth-order valence-corrected chi connectivity index (χ4v) is 3.59. The second kappa shape index (κ2) is 9.53. The summed E-state index contributed by atoms with van der Waals surface area (Å²) in [5, 5.41) is 2.72. The van der Waals surface area contributed by atoms with Crippen LogP contribution in [-0.4, -0.2) is 52.9 Å². The van der Waals surface area contributed by atoms with Crippen molar-refractivity contribution in [1.82, 2.24) is 4.31 Å². The molecule has 156 valence electrons. The Morgan fingerprint density at radius 3 is 2.41 bits per heavy atom. The summed E-state index contributed by atoms with van der Waals surface area (Å²) in [6, 6.07) is 11.0. The number of benzene rings is 2. The smallest absolute Gasteiger partial charge is 0.337 e. The molecular weight excluding hydrogens is 396 g/mol. The molecule has 8 nitrogen and oxygen atoms in total. The Labute approximate surface area is 170 Å². The number of rotatable bonds is 8. The molecule has 0 aromatic heterocycles. The lowest BCUT2D eigenvalue weighted by atomic mass is 10.1. The van der Waals surface area contributed by atoms with Crippen molar-refractivity contribution in [2.75, 3.05) is 33.6 Å². The van der Waals surface area contributed by atoms with E-state index < -0.39 is 16.0 Å². The zero-order chi connectivity index (χ0) is 21.6. The van der Waals surface area contributed by atoms with Crippen LogP contribution in [0, 0.1) is 0 Å². The second-order valence-electron chi connectivity index (χ2n) is 6.38. The van der Waals surface area contributed by atoms with Crippen molar-refractivity contribution < 1.29 is 27.5 Å². The number of nitrogens with zero attached hydrogens (tertiary/aromatic N) is 1. The van der Waals surface area contributed by atoms with Crippen molar-refractivity contribution in [3.8, 4) is 5.75 Å². The van der Waals surface area contributed by atoms with Crippen LogP contribution in [0.25, 0.3) is 0 Å². The highest BCUT2D eigenvalue weighted by Crippen LogP contribution is 2.25. The van der Waals surface area contributed by atoms with Gasteiger partial charge in [0.1, 0.15) is 5.75 Å². The van der Waals surface area contributed by atoms with Crippen LogP contribution in [0.3, 0.4) is 0 Å². The molecule has 1 N–H and O–H groups in total. The van der Waals surface area contributed by atoms with Gasteiger partial charge < -0.3 is 14.8 Å². The van der Waals surface area contributed by atoms with E-state index in [1.165, 1.54) is 46.5 Å². The molecule has 0 saturated heterocycles. The van der Waals surface area contributed by atoms with Crippen LogP contribution in [0.4, 0.5) is 5.69 Å². The number of carbonyl (C=O) groups is 2. The third kappa shape index (κ3) is 5.55. The van der Waals surface area contributed by atoms with Crippen LogP contribution in [0.5, 0.6) is 5.75 Å². The maximum absolute atomic E-state index is 12.3. The molecule has 0 unspecified atom stereocenters. The van der Waals surface area contributed by atoms with E-state index in [4.69, 9.17) is 4.74 Å². The van der Waals surface area contributed by atoms with Crippen LogP contribution in [0.2, 0.25) is 0 Å². The SMILES string of the molecule is COC(=O)c1cccc(NC(=O)CCc2cc(S(=O)(=O)N(C)C)ccc2OC)c1. The molecule has 2 aromatic rings. The van der Waals surface area contributed by atoms with Crippen LogP contribution >= 0.6 is 0 Å². The summed E-state index contributed by atoms with van der Waals surface area (Å²) in [6.07, 6.45) is 0.382. The van der Waals surface area contributed by atoms with Gasteiger partial charge in [-0.1, -0.05) is 6.07 Å². The molecule has 0 spiro atoms. The molecule has 0 heterocycles. The Bertz CT molecular complexity index is 1000. The molecule has 2 rings (SSSR count). The Kier molecular flexibility index (Phi) is 7.35. The monoisotopic (exact) mass is 420 g/mol. The average Bonchev–Trinajstić information content (AvgIpc) is 2.71. The second-order valence-corrected chi connectivity index (χ2v) is 8.53. The first-order valence-corrected chi connectivity index (χ1v) is 10.2. The summed E-state index contributed by atoms with van der Waals surface area (Å²) >= 11 is 0. The van der Waals surface area contributed by atoms with Gasteiger partial charge in [0.15, 0.2) is 0 Å². The van der Waals surface area contributed by atoms with E-state index in [2.05, 4.69) is 10.1 Å². The zero-order valence-electron chi connectivity index (χ0n) is 16.8. The third-order valence-corrected chi connectivity index (χ3v) is 6.03. The van der Waals surface area contributed by atoms with Crippen molar-refractivity contribution in [3.63, 3.8) is 0 Å². The first kappa shape index (κ1) is 22.4. The highest BCUT2D eigenvalue weighted by molar-refractivity contribution is 7.89. The predicted molar refractivity (Wildman–Crippen MR) is 109 cm³/mol. The van der Waals surface area contributed by atoms with E-state index in [1.807, 2.05) is 0 Å². The minimum absolute atomic E-state index is 0.101. The number of hydrogen-bond acceptors (Lipinski definition) is 6. The van der Waals surface area contributed by atoms with E-state index in [-0.39, 0.29) is 23.6 Å². The van der Waals surface area contributed by atoms with E-state index in [0.29, 0.717) is 22.6 Å². The van der Waals surface area contributed by atoms with Gasteiger partial charge in [0, 0.05) is 26.2 Å². The summed E-state index contributed by atoms with van der Waals surface area (Å²) in [7, 11) is 2.08. The Hall–Kier alpha value is -2.91. The van der Waals surface area contributed by atoms with Gasteiger partial charge in [0.05, 0.1) is 24.7 Å². The third-order valence-electron chi connectivity index (χ3n) is 4.22. The highest BCUT2D eigenvalue weighted by atomic mass is 32.2. The number of aryl methyl sites for hydroxylation is 1. The Morgan fingerprint density at radius 2 is 1.79 bits per heavy atom. The normalized spacial score (nSPS) is 11.2. The lowest BCUT2D eigenvalue weighted by Crippen LogP contribution is -2.22. The topological polar surface area (TPSA) is 102 Å². The molecule has 0 fully saturated rings. The predicted octanol–water partition coefficient (Wildman–Crippen LogP) is 2.30. The molecule has 2 aromatic carbocycles. The molecule has 1 amide bonds. The van der Waals surface area contributed by atoms with Crippen LogP contribution in [0.15, 0.2) is 47.4 Å². The molecule has 0 aliphatic rings. The number of sulfonamides is 1. The van der Waals surface area contributed by atoms with Crippen LogP contribution in [-0.2, 0) is 26.0 Å².